The Labute approximate surface area is 214 Å². The number of carbonyl (C=O) groups excluding carboxylic acids is 1. The summed E-state index contributed by atoms with van der Waals surface area (Å²) in [4.78, 5) is 13.8. The number of nitrogens with two attached hydrogens (primary N) is 1. The Morgan fingerprint density at radius 1 is 1.23 bits per heavy atom. The number of nitriles is 1. The van der Waals surface area contributed by atoms with E-state index in [0.29, 0.717) is 22.6 Å². The van der Waals surface area contributed by atoms with Gasteiger partial charge in [-0.3, -0.25) is 4.90 Å². The van der Waals surface area contributed by atoms with E-state index < -0.39 is 24.5 Å². The lowest BCUT2D eigenvalue weighted by Gasteiger charge is -2.37. The smallest absolute Gasteiger partial charge is 0.389 e. The molecule has 0 saturated heterocycles. The number of thioether (sulfide) groups is 1. The number of allylic oxidation sites excluding steroid dienone is 3. The third kappa shape index (κ3) is 5.85. The number of urea groups is 1. The Morgan fingerprint density at radius 3 is 2.49 bits per heavy atom. The minimum atomic E-state index is -4.28. The maximum absolute atomic E-state index is 12.7. The number of rotatable bonds is 7. The van der Waals surface area contributed by atoms with E-state index in [2.05, 4.69) is 22.0 Å². The van der Waals surface area contributed by atoms with Gasteiger partial charge in [-0.2, -0.15) is 18.4 Å². The molecular formula is C25H23BrF3N3O2S. The summed E-state index contributed by atoms with van der Waals surface area (Å²) in [6.45, 7) is 1.71. The van der Waals surface area contributed by atoms with Gasteiger partial charge < -0.3 is 10.5 Å². The number of benzene rings is 2. The SMILES string of the molecule is COc1ccccc1C1=C(C)N(C(N)=O)C(SCCCC(F)(F)F)=C(C#N)C1c1ccccc1Br. The Hall–Kier alpha value is -2.90. The van der Waals surface area contributed by atoms with E-state index >= 15 is 0 Å². The first-order chi connectivity index (χ1) is 16.6. The molecule has 0 aliphatic carbocycles. The van der Waals surface area contributed by atoms with Crippen molar-refractivity contribution in [2.24, 2.45) is 5.73 Å². The number of hydrogen-bond acceptors (Lipinski definition) is 4. The molecule has 2 aromatic rings. The number of carbonyl (C=O) groups is 1. The fraction of sp³-hybridized carbons (Fsp3) is 0.280. The number of para-hydroxylation sites is 1. The van der Waals surface area contributed by atoms with E-state index in [0.717, 1.165) is 21.8 Å². The van der Waals surface area contributed by atoms with E-state index in [9.17, 15) is 23.2 Å². The molecule has 10 heteroatoms. The molecule has 0 fully saturated rings. The van der Waals surface area contributed by atoms with Gasteiger partial charge >= 0.3 is 12.2 Å². The van der Waals surface area contributed by atoms with E-state index in [1.54, 1.807) is 13.0 Å². The monoisotopic (exact) mass is 565 g/mol. The van der Waals surface area contributed by atoms with Crippen LogP contribution in [0.2, 0.25) is 0 Å². The molecular weight excluding hydrogens is 543 g/mol. The lowest BCUT2D eigenvalue weighted by Crippen LogP contribution is -2.37. The molecule has 35 heavy (non-hydrogen) atoms. The molecule has 0 spiro atoms. The Balaban J connectivity index is 2.24. The molecule has 1 aliphatic rings. The normalized spacial score (nSPS) is 16.4. The van der Waals surface area contributed by atoms with Gasteiger partial charge in [-0.15, -0.1) is 11.8 Å². The zero-order valence-corrected chi connectivity index (χ0v) is 21.4. The highest BCUT2D eigenvalue weighted by Crippen LogP contribution is 2.51. The zero-order chi connectivity index (χ0) is 25.8. The average Bonchev–Trinajstić information content (AvgIpc) is 2.81. The summed E-state index contributed by atoms with van der Waals surface area (Å²) in [5.74, 6) is -0.0153. The van der Waals surface area contributed by atoms with Crippen molar-refractivity contribution in [3.63, 3.8) is 0 Å². The van der Waals surface area contributed by atoms with Crippen LogP contribution >= 0.6 is 27.7 Å². The molecule has 1 unspecified atom stereocenters. The minimum Gasteiger partial charge on any atom is -0.496 e. The second-order valence-corrected chi connectivity index (χ2v) is 9.66. The standard InChI is InChI=1S/C25H23BrF3N3O2S/c1-15-21(17-9-4-6-11-20(17)34-2)22(16-8-3-5-10-19(16)26)18(14-30)23(32(15)24(31)33)35-13-7-12-25(27,28)29/h3-6,8-11,22H,7,12-13H2,1-2H3,(H2,31,33). The number of ether oxygens (including phenoxy) is 1. The predicted octanol–water partition coefficient (Wildman–Crippen LogP) is 7.18. The molecule has 2 N–H and O–H groups in total. The Bertz CT molecular complexity index is 1220. The van der Waals surface area contributed by atoms with Crippen LogP contribution in [0.5, 0.6) is 5.75 Å². The van der Waals surface area contributed by atoms with Crippen LogP contribution in [0.1, 0.15) is 36.8 Å². The van der Waals surface area contributed by atoms with Gasteiger partial charge in [0, 0.05) is 22.2 Å². The average molecular weight is 566 g/mol. The summed E-state index contributed by atoms with van der Waals surface area (Å²) in [6.07, 6.45) is -5.40. The second kappa shape index (κ2) is 11.2. The Morgan fingerprint density at radius 2 is 1.89 bits per heavy atom. The van der Waals surface area contributed by atoms with Gasteiger partial charge in [0.05, 0.1) is 29.7 Å². The van der Waals surface area contributed by atoms with Crippen molar-refractivity contribution >= 4 is 39.3 Å². The van der Waals surface area contributed by atoms with Crippen LogP contribution in [0.25, 0.3) is 5.57 Å². The molecule has 0 bridgehead atoms. The van der Waals surface area contributed by atoms with E-state index in [-0.39, 0.29) is 22.8 Å². The summed E-state index contributed by atoms with van der Waals surface area (Å²) in [5, 5.41) is 10.5. The van der Waals surface area contributed by atoms with Crippen molar-refractivity contribution in [2.75, 3.05) is 12.9 Å². The summed E-state index contributed by atoms with van der Waals surface area (Å²) in [7, 11) is 1.53. The molecule has 0 radical (unpaired) electrons. The Kier molecular flexibility index (Phi) is 8.56. The number of alkyl halides is 3. The molecule has 0 aromatic heterocycles. The van der Waals surface area contributed by atoms with Gasteiger partial charge in [0.15, 0.2) is 0 Å². The number of primary amides is 1. The first-order valence-electron chi connectivity index (χ1n) is 10.6. The van der Waals surface area contributed by atoms with Gasteiger partial charge in [-0.1, -0.05) is 52.3 Å². The van der Waals surface area contributed by atoms with Crippen LogP contribution in [-0.4, -0.2) is 30.0 Å². The van der Waals surface area contributed by atoms with Crippen LogP contribution in [0.3, 0.4) is 0 Å². The van der Waals surface area contributed by atoms with Crippen LogP contribution in [0.15, 0.2) is 69.3 Å². The fourth-order valence-electron chi connectivity index (χ4n) is 4.07. The summed E-state index contributed by atoms with van der Waals surface area (Å²) < 4.78 is 44.4. The zero-order valence-electron chi connectivity index (χ0n) is 19.0. The molecule has 1 aliphatic heterocycles. The topological polar surface area (TPSA) is 79.3 Å². The minimum absolute atomic E-state index is 0.0593. The highest BCUT2D eigenvalue weighted by atomic mass is 79.9. The fourth-order valence-corrected chi connectivity index (χ4v) is 5.74. The first kappa shape index (κ1) is 26.7. The number of methoxy groups -OCH3 is 1. The number of halogens is 4. The van der Waals surface area contributed by atoms with Crippen molar-refractivity contribution in [3.05, 3.63) is 80.4 Å². The molecule has 2 amide bonds. The molecule has 184 valence electrons. The highest BCUT2D eigenvalue weighted by Gasteiger charge is 2.39. The lowest BCUT2D eigenvalue weighted by atomic mass is 9.78. The first-order valence-corrected chi connectivity index (χ1v) is 12.4. The molecule has 3 rings (SSSR count). The van der Waals surface area contributed by atoms with E-state index in [4.69, 9.17) is 10.5 Å². The van der Waals surface area contributed by atoms with Crippen molar-refractivity contribution in [1.82, 2.24) is 4.90 Å². The summed E-state index contributed by atoms with van der Waals surface area (Å²) in [5.41, 5.74) is 8.52. The van der Waals surface area contributed by atoms with Crippen molar-refractivity contribution in [2.45, 2.75) is 31.9 Å². The predicted molar refractivity (Wildman–Crippen MR) is 134 cm³/mol. The summed E-state index contributed by atoms with van der Waals surface area (Å²) in [6, 6.07) is 16.0. The van der Waals surface area contributed by atoms with Gasteiger partial charge in [0.25, 0.3) is 0 Å². The lowest BCUT2D eigenvalue weighted by molar-refractivity contribution is -0.134. The van der Waals surface area contributed by atoms with Crippen LogP contribution in [0, 0.1) is 11.3 Å². The molecule has 1 heterocycles. The third-order valence-corrected chi connectivity index (χ3v) is 7.42. The molecule has 0 saturated carbocycles. The van der Waals surface area contributed by atoms with Crippen LogP contribution < -0.4 is 10.5 Å². The van der Waals surface area contributed by atoms with E-state index in [1.165, 1.54) is 12.0 Å². The van der Waals surface area contributed by atoms with Crippen LogP contribution in [-0.2, 0) is 0 Å². The largest absolute Gasteiger partial charge is 0.496 e. The molecule has 1 atom stereocenters. The van der Waals surface area contributed by atoms with Gasteiger partial charge in [0.1, 0.15) is 5.75 Å². The van der Waals surface area contributed by atoms with Gasteiger partial charge in [-0.05, 0) is 42.4 Å². The summed E-state index contributed by atoms with van der Waals surface area (Å²) >= 11 is 4.59. The highest BCUT2D eigenvalue weighted by molar-refractivity contribution is 9.10. The molecule has 2 aromatic carbocycles. The second-order valence-electron chi connectivity index (χ2n) is 7.73. The van der Waals surface area contributed by atoms with Crippen molar-refractivity contribution in [1.29, 1.82) is 5.26 Å². The van der Waals surface area contributed by atoms with Crippen molar-refractivity contribution in [3.8, 4) is 11.8 Å². The third-order valence-electron chi connectivity index (χ3n) is 5.53. The van der Waals surface area contributed by atoms with Crippen LogP contribution in [0.4, 0.5) is 18.0 Å². The molecule has 5 nitrogen and oxygen atoms in total. The quantitative estimate of drug-likeness (QED) is 0.360. The maximum atomic E-state index is 12.7. The number of hydrogen-bond donors (Lipinski definition) is 1. The van der Waals surface area contributed by atoms with Gasteiger partial charge in [0.2, 0.25) is 0 Å². The maximum Gasteiger partial charge on any atom is 0.389 e. The van der Waals surface area contributed by atoms with E-state index in [1.807, 2.05) is 42.5 Å². The van der Waals surface area contributed by atoms with Gasteiger partial charge in [-0.25, -0.2) is 4.79 Å². The van der Waals surface area contributed by atoms with Crippen molar-refractivity contribution < 1.29 is 22.7 Å². The number of amides is 2. The number of nitrogens with zero attached hydrogens (tertiary/aromatic N) is 2.